The third-order valence-corrected chi connectivity index (χ3v) is 2.91. The van der Waals surface area contributed by atoms with Gasteiger partial charge in [-0.2, -0.15) is 0 Å². The number of aromatic nitrogens is 2. The van der Waals surface area contributed by atoms with Gasteiger partial charge in [0.1, 0.15) is 0 Å². The molecule has 0 saturated carbocycles. The topological polar surface area (TPSA) is 25.8 Å². The van der Waals surface area contributed by atoms with Crippen molar-refractivity contribution in [2.75, 3.05) is 0 Å². The van der Waals surface area contributed by atoms with Crippen LogP contribution in [-0.2, 0) is 0 Å². The molecule has 0 spiro atoms. The predicted molar refractivity (Wildman–Crippen MR) is 66.5 cm³/mol. The lowest BCUT2D eigenvalue weighted by Gasteiger charge is -2.05. The molecule has 0 bridgehead atoms. The summed E-state index contributed by atoms with van der Waals surface area (Å²) in [5.41, 5.74) is 2.15. The molecule has 0 saturated heterocycles. The summed E-state index contributed by atoms with van der Waals surface area (Å²) >= 11 is 0. The summed E-state index contributed by atoms with van der Waals surface area (Å²) in [5, 5.41) is 4.87. The zero-order chi connectivity index (χ0) is 11.1. The van der Waals surface area contributed by atoms with E-state index in [0.717, 1.165) is 11.4 Å². The van der Waals surface area contributed by atoms with Crippen molar-refractivity contribution in [1.29, 1.82) is 0 Å². The molecule has 16 heavy (non-hydrogen) atoms. The first kappa shape index (κ1) is 9.28. The van der Waals surface area contributed by atoms with Crippen LogP contribution in [0, 0.1) is 13.8 Å². The lowest BCUT2D eigenvalue weighted by atomic mass is 10.0. The van der Waals surface area contributed by atoms with Crippen molar-refractivity contribution >= 4 is 21.5 Å². The molecule has 0 radical (unpaired) electrons. The Morgan fingerprint density at radius 2 is 1.81 bits per heavy atom. The molecule has 0 aliphatic carbocycles. The fourth-order valence-corrected chi connectivity index (χ4v) is 2.17. The molecule has 0 fully saturated rings. The highest BCUT2D eigenvalue weighted by Gasteiger charge is 2.02. The van der Waals surface area contributed by atoms with Crippen LogP contribution in [0.3, 0.4) is 0 Å². The summed E-state index contributed by atoms with van der Waals surface area (Å²) in [6.07, 6.45) is 3.73. The fourth-order valence-electron chi connectivity index (χ4n) is 2.17. The summed E-state index contributed by atoms with van der Waals surface area (Å²) in [4.78, 5) is 8.63. The van der Waals surface area contributed by atoms with E-state index in [2.05, 4.69) is 35.1 Å². The molecule has 0 aliphatic heterocycles. The van der Waals surface area contributed by atoms with Gasteiger partial charge in [-0.05, 0) is 48.9 Å². The van der Waals surface area contributed by atoms with Crippen LogP contribution >= 0.6 is 0 Å². The van der Waals surface area contributed by atoms with E-state index in [9.17, 15) is 0 Å². The average molecular weight is 208 g/mol. The minimum absolute atomic E-state index is 1.07. The summed E-state index contributed by atoms with van der Waals surface area (Å²) in [6, 6.07) is 8.54. The van der Waals surface area contributed by atoms with Crippen molar-refractivity contribution in [3.05, 3.63) is 48.0 Å². The fraction of sp³-hybridized carbons (Fsp3) is 0.143. The second kappa shape index (κ2) is 3.27. The summed E-state index contributed by atoms with van der Waals surface area (Å²) in [7, 11) is 0. The molecule has 3 aromatic rings. The van der Waals surface area contributed by atoms with Gasteiger partial charge in [-0.15, -0.1) is 0 Å². The van der Waals surface area contributed by atoms with Crippen molar-refractivity contribution in [3.8, 4) is 0 Å². The Labute approximate surface area is 94.0 Å². The predicted octanol–water partition coefficient (Wildman–Crippen LogP) is 3.40. The van der Waals surface area contributed by atoms with Gasteiger partial charge in [-0.25, -0.2) is 0 Å². The molecule has 3 rings (SSSR count). The molecular formula is C14H12N2. The number of aryl methyl sites for hydroxylation is 2. The van der Waals surface area contributed by atoms with Gasteiger partial charge in [0.05, 0.1) is 0 Å². The van der Waals surface area contributed by atoms with Gasteiger partial charge in [0.25, 0.3) is 0 Å². The van der Waals surface area contributed by atoms with E-state index in [-0.39, 0.29) is 0 Å². The molecule has 0 atom stereocenters. The van der Waals surface area contributed by atoms with Gasteiger partial charge in [-0.1, -0.05) is 0 Å². The molecule has 0 amide bonds. The molecule has 0 aliphatic rings. The van der Waals surface area contributed by atoms with E-state index >= 15 is 0 Å². The van der Waals surface area contributed by atoms with Gasteiger partial charge in [-0.3, -0.25) is 9.97 Å². The number of pyridine rings is 2. The quantitative estimate of drug-likeness (QED) is 0.529. The molecule has 2 aromatic heterocycles. The molecular weight excluding hydrogens is 196 g/mol. The lowest BCUT2D eigenvalue weighted by Crippen LogP contribution is -1.88. The number of fused-ring (bicyclic) bond motifs is 2. The van der Waals surface area contributed by atoms with Crippen LogP contribution in [-0.4, -0.2) is 9.97 Å². The normalized spacial score (nSPS) is 11.1. The minimum atomic E-state index is 1.07. The molecule has 0 unspecified atom stereocenters. The van der Waals surface area contributed by atoms with Gasteiger partial charge < -0.3 is 0 Å². The van der Waals surface area contributed by atoms with Crippen LogP contribution < -0.4 is 0 Å². The highest BCUT2D eigenvalue weighted by Crippen LogP contribution is 2.24. The van der Waals surface area contributed by atoms with E-state index in [1.54, 1.807) is 0 Å². The van der Waals surface area contributed by atoms with Crippen molar-refractivity contribution < 1.29 is 0 Å². The Balaban J connectivity index is 2.51. The Bertz CT molecular complexity index is 687. The Morgan fingerprint density at radius 3 is 2.69 bits per heavy atom. The van der Waals surface area contributed by atoms with Crippen LogP contribution in [0.4, 0.5) is 0 Å². The number of hydrogen-bond donors (Lipinski definition) is 0. The minimum Gasteiger partial charge on any atom is -0.264 e. The molecule has 78 valence electrons. The second-order valence-corrected chi connectivity index (χ2v) is 4.15. The second-order valence-electron chi connectivity index (χ2n) is 4.15. The lowest BCUT2D eigenvalue weighted by molar-refractivity contribution is 1.15. The standard InChI is InChI=1S/C14H12N2/c1-9-5-12-6-11-3-4-15-8-13(11)7-14(12)10(2)16-9/h3-8H,1-2H3. The zero-order valence-electron chi connectivity index (χ0n) is 9.36. The van der Waals surface area contributed by atoms with E-state index < -0.39 is 0 Å². The summed E-state index contributed by atoms with van der Waals surface area (Å²) < 4.78 is 0. The van der Waals surface area contributed by atoms with Gasteiger partial charge in [0, 0.05) is 34.6 Å². The zero-order valence-corrected chi connectivity index (χ0v) is 9.36. The summed E-state index contributed by atoms with van der Waals surface area (Å²) in [6.45, 7) is 4.08. The number of benzene rings is 1. The SMILES string of the molecule is Cc1cc2cc3ccncc3cc2c(C)n1. The van der Waals surface area contributed by atoms with E-state index in [1.165, 1.54) is 21.5 Å². The van der Waals surface area contributed by atoms with Gasteiger partial charge >= 0.3 is 0 Å². The Kier molecular flexibility index (Phi) is 1.90. The average Bonchev–Trinajstić information content (AvgIpc) is 2.27. The number of nitrogens with zero attached hydrogens (tertiary/aromatic N) is 2. The summed E-state index contributed by atoms with van der Waals surface area (Å²) in [5.74, 6) is 0. The van der Waals surface area contributed by atoms with Crippen molar-refractivity contribution in [1.82, 2.24) is 9.97 Å². The first-order valence-corrected chi connectivity index (χ1v) is 5.36. The molecule has 0 N–H and O–H groups in total. The van der Waals surface area contributed by atoms with Gasteiger partial charge in [0.2, 0.25) is 0 Å². The highest BCUT2D eigenvalue weighted by atomic mass is 14.7. The number of rotatable bonds is 0. The molecule has 1 aromatic carbocycles. The maximum absolute atomic E-state index is 4.49. The van der Waals surface area contributed by atoms with E-state index in [1.807, 2.05) is 25.4 Å². The first-order valence-electron chi connectivity index (χ1n) is 5.36. The van der Waals surface area contributed by atoms with E-state index in [0.29, 0.717) is 0 Å². The molecule has 2 heterocycles. The smallest absolute Gasteiger partial charge is 0.0454 e. The maximum Gasteiger partial charge on any atom is 0.0454 e. The van der Waals surface area contributed by atoms with Crippen LogP contribution in [0.25, 0.3) is 21.5 Å². The third kappa shape index (κ3) is 1.34. The monoisotopic (exact) mass is 208 g/mol. The third-order valence-electron chi connectivity index (χ3n) is 2.91. The molecule has 2 nitrogen and oxygen atoms in total. The van der Waals surface area contributed by atoms with Crippen molar-refractivity contribution in [2.24, 2.45) is 0 Å². The van der Waals surface area contributed by atoms with Crippen LogP contribution in [0.5, 0.6) is 0 Å². The van der Waals surface area contributed by atoms with E-state index in [4.69, 9.17) is 0 Å². The Morgan fingerprint density at radius 1 is 0.938 bits per heavy atom. The van der Waals surface area contributed by atoms with Crippen LogP contribution in [0.1, 0.15) is 11.4 Å². The largest absolute Gasteiger partial charge is 0.264 e. The maximum atomic E-state index is 4.49. The van der Waals surface area contributed by atoms with Crippen LogP contribution in [0.2, 0.25) is 0 Å². The highest BCUT2D eigenvalue weighted by molar-refractivity contribution is 5.98. The first-order chi connectivity index (χ1) is 7.74. The molecule has 2 heteroatoms. The van der Waals surface area contributed by atoms with Crippen LogP contribution in [0.15, 0.2) is 36.7 Å². The van der Waals surface area contributed by atoms with Gasteiger partial charge in [0.15, 0.2) is 0 Å². The van der Waals surface area contributed by atoms with Crippen molar-refractivity contribution in [3.63, 3.8) is 0 Å². The number of hydrogen-bond acceptors (Lipinski definition) is 2. The van der Waals surface area contributed by atoms with Crippen molar-refractivity contribution in [2.45, 2.75) is 13.8 Å². The Hall–Kier alpha value is -1.96.